The van der Waals surface area contributed by atoms with Crippen molar-refractivity contribution >= 4 is 16.0 Å². The lowest BCUT2D eigenvalue weighted by Gasteiger charge is -2.30. The van der Waals surface area contributed by atoms with Crippen molar-refractivity contribution in [2.75, 3.05) is 13.1 Å². The van der Waals surface area contributed by atoms with E-state index in [1.807, 2.05) is 6.92 Å². The van der Waals surface area contributed by atoms with Crippen LogP contribution in [0, 0.1) is 5.92 Å². The summed E-state index contributed by atoms with van der Waals surface area (Å²) in [6.45, 7) is 3.03. The van der Waals surface area contributed by atoms with E-state index in [1.54, 1.807) is 0 Å². The average Bonchev–Trinajstić information content (AvgIpc) is 2.39. The molecule has 0 radical (unpaired) electrons. The predicted octanol–water partition coefficient (Wildman–Crippen LogP) is 1.81. The Hall–Kier alpha value is -1.40. The molecule has 1 heterocycles. The Morgan fingerprint density at radius 3 is 2.79 bits per heavy atom. The largest absolute Gasteiger partial charge is 0.478 e. The van der Waals surface area contributed by atoms with E-state index in [1.165, 1.54) is 28.6 Å². The number of carboxylic acid groups (broad SMARTS) is 1. The van der Waals surface area contributed by atoms with Crippen LogP contribution in [0.25, 0.3) is 0 Å². The zero-order valence-corrected chi connectivity index (χ0v) is 11.6. The Morgan fingerprint density at radius 1 is 1.42 bits per heavy atom. The van der Waals surface area contributed by atoms with E-state index >= 15 is 0 Å². The van der Waals surface area contributed by atoms with Gasteiger partial charge in [-0.2, -0.15) is 4.31 Å². The molecular weight excluding hydrogens is 266 g/mol. The van der Waals surface area contributed by atoms with Crippen molar-refractivity contribution in [1.29, 1.82) is 0 Å². The van der Waals surface area contributed by atoms with Crippen molar-refractivity contribution in [2.24, 2.45) is 5.92 Å². The maximum absolute atomic E-state index is 12.4. The topological polar surface area (TPSA) is 74.7 Å². The summed E-state index contributed by atoms with van der Waals surface area (Å²) in [7, 11) is -3.58. The van der Waals surface area contributed by atoms with Crippen LogP contribution in [-0.2, 0) is 10.0 Å². The van der Waals surface area contributed by atoms with Gasteiger partial charge in [0.2, 0.25) is 10.0 Å². The second-order valence-electron chi connectivity index (χ2n) is 4.94. The average molecular weight is 283 g/mol. The van der Waals surface area contributed by atoms with E-state index < -0.39 is 16.0 Å². The number of piperidine rings is 1. The molecule has 1 aliphatic rings. The fourth-order valence-corrected chi connectivity index (χ4v) is 3.95. The van der Waals surface area contributed by atoms with Crippen LogP contribution in [0.5, 0.6) is 0 Å². The Bertz CT molecular complexity index is 582. The molecule has 0 unspecified atom stereocenters. The molecule has 0 aliphatic carbocycles. The smallest absolute Gasteiger partial charge is 0.335 e. The van der Waals surface area contributed by atoms with Gasteiger partial charge in [-0.15, -0.1) is 0 Å². The van der Waals surface area contributed by atoms with E-state index in [9.17, 15) is 13.2 Å². The molecule has 0 saturated carbocycles. The summed E-state index contributed by atoms with van der Waals surface area (Å²) in [5, 5.41) is 8.92. The lowest BCUT2D eigenvalue weighted by molar-refractivity contribution is 0.0696. The molecular formula is C13H17NO4S. The minimum Gasteiger partial charge on any atom is -0.478 e. The SMILES string of the molecule is C[C@@H]1CCCN(S(=O)(=O)c2cccc(C(=O)O)c2)C1. The van der Waals surface area contributed by atoms with Gasteiger partial charge in [0.1, 0.15) is 0 Å². The molecule has 1 aromatic rings. The number of carbonyl (C=O) groups is 1. The van der Waals surface area contributed by atoms with Crippen LogP contribution in [0.15, 0.2) is 29.2 Å². The van der Waals surface area contributed by atoms with Gasteiger partial charge in [0.15, 0.2) is 0 Å². The standard InChI is InChI=1S/C13H17NO4S/c1-10-4-3-7-14(9-10)19(17,18)12-6-2-5-11(8-12)13(15)16/h2,5-6,8,10H,3-4,7,9H2,1H3,(H,15,16)/t10-/m1/s1. The highest BCUT2D eigenvalue weighted by molar-refractivity contribution is 7.89. The monoisotopic (exact) mass is 283 g/mol. The minimum atomic E-state index is -3.58. The van der Waals surface area contributed by atoms with Gasteiger partial charge in [0.25, 0.3) is 0 Å². The molecule has 5 nitrogen and oxygen atoms in total. The van der Waals surface area contributed by atoms with Gasteiger partial charge in [0, 0.05) is 13.1 Å². The van der Waals surface area contributed by atoms with Crippen molar-refractivity contribution < 1.29 is 18.3 Å². The van der Waals surface area contributed by atoms with Crippen LogP contribution in [0.4, 0.5) is 0 Å². The highest BCUT2D eigenvalue weighted by atomic mass is 32.2. The predicted molar refractivity (Wildman–Crippen MR) is 70.6 cm³/mol. The number of hydrogen-bond donors (Lipinski definition) is 1. The molecule has 0 amide bonds. The summed E-state index contributed by atoms with van der Waals surface area (Å²) in [5.41, 5.74) is -0.00821. The fraction of sp³-hybridized carbons (Fsp3) is 0.462. The maximum Gasteiger partial charge on any atom is 0.335 e. The summed E-state index contributed by atoms with van der Waals surface area (Å²) in [6, 6.07) is 5.52. The number of rotatable bonds is 3. The van der Waals surface area contributed by atoms with Crippen LogP contribution in [0.2, 0.25) is 0 Å². The summed E-state index contributed by atoms with van der Waals surface area (Å²) in [6.07, 6.45) is 1.88. The lowest BCUT2D eigenvalue weighted by atomic mass is 10.0. The first-order valence-corrected chi connectivity index (χ1v) is 7.69. The minimum absolute atomic E-state index is 0.00821. The van der Waals surface area contributed by atoms with Crippen molar-refractivity contribution in [3.05, 3.63) is 29.8 Å². The van der Waals surface area contributed by atoms with Crippen molar-refractivity contribution in [2.45, 2.75) is 24.7 Å². The van der Waals surface area contributed by atoms with Crippen LogP contribution in [0.3, 0.4) is 0 Å². The zero-order chi connectivity index (χ0) is 14.0. The summed E-state index contributed by atoms with van der Waals surface area (Å²) >= 11 is 0. The highest BCUT2D eigenvalue weighted by Crippen LogP contribution is 2.23. The fourth-order valence-electron chi connectivity index (χ4n) is 2.30. The second-order valence-corrected chi connectivity index (χ2v) is 6.88. The Labute approximate surface area is 112 Å². The highest BCUT2D eigenvalue weighted by Gasteiger charge is 2.28. The molecule has 2 rings (SSSR count). The van der Waals surface area contributed by atoms with Gasteiger partial charge in [-0.1, -0.05) is 13.0 Å². The molecule has 1 N–H and O–H groups in total. The Kier molecular flexibility index (Phi) is 3.91. The molecule has 19 heavy (non-hydrogen) atoms. The first kappa shape index (κ1) is 14.0. The third kappa shape index (κ3) is 2.96. The molecule has 1 aromatic carbocycles. The molecule has 0 spiro atoms. The number of carboxylic acids is 1. The van der Waals surface area contributed by atoms with Gasteiger partial charge in [-0.05, 0) is 37.0 Å². The van der Waals surface area contributed by atoms with Gasteiger partial charge < -0.3 is 5.11 Å². The van der Waals surface area contributed by atoms with Crippen LogP contribution < -0.4 is 0 Å². The molecule has 1 saturated heterocycles. The molecule has 1 atom stereocenters. The zero-order valence-electron chi connectivity index (χ0n) is 10.7. The molecule has 1 fully saturated rings. The van der Waals surface area contributed by atoms with Crippen molar-refractivity contribution in [3.63, 3.8) is 0 Å². The van der Waals surface area contributed by atoms with Gasteiger partial charge >= 0.3 is 5.97 Å². The summed E-state index contributed by atoms with van der Waals surface area (Å²) in [4.78, 5) is 11.0. The van der Waals surface area contributed by atoms with Crippen LogP contribution in [0.1, 0.15) is 30.1 Å². The summed E-state index contributed by atoms with van der Waals surface area (Å²) < 4.78 is 26.3. The molecule has 0 aromatic heterocycles. The lowest BCUT2D eigenvalue weighted by Crippen LogP contribution is -2.39. The molecule has 104 valence electrons. The van der Waals surface area contributed by atoms with E-state index in [0.717, 1.165) is 12.8 Å². The number of nitrogens with zero attached hydrogens (tertiary/aromatic N) is 1. The number of sulfonamides is 1. The Balaban J connectivity index is 2.33. The first-order chi connectivity index (χ1) is 8.91. The third-order valence-corrected chi connectivity index (χ3v) is 5.20. The molecule has 1 aliphatic heterocycles. The quantitative estimate of drug-likeness (QED) is 0.918. The summed E-state index contributed by atoms with van der Waals surface area (Å²) in [5.74, 6) is -0.782. The van der Waals surface area contributed by atoms with E-state index in [2.05, 4.69) is 0 Å². The number of benzene rings is 1. The van der Waals surface area contributed by atoms with Gasteiger partial charge in [-0.3, -0.25) is 0 Å². The van der Waals surface area contributed by atoms with Crippen molar-refractivity contribution in [3.8, 4) is 0 Å². The van der Waals surface area contributed by atoms with Crippen LogP contribution in [-0.4, -0.2) is 36.9 Å². The molecule has 6 heteroatoms. The maximum atomic E-state index is 12.4. The second kappa shape index (κ2) is 5.30. The van der Waals surface area contributed by atoms with E-state index in [0.29, 0.717) is 19.0 Å². The Morgan fingerprint density at radius 2 is 2.16 bits per heavy atom. The number of hydrogen-bond acceptors (Lipinski definition) is 3. The van der Waals surface area contributed by atoms with E-state index in [4.69, 9.17) is 5.11 Å². The van der Waals surface area contributed by atoms with Crippen molar-refractivity contribution in [1.82, 2.24) is 4.31 Å². The molecule has 0 bridgehead atoms. The first-order valence-electron chi connectivity index (χ1n) is 6.25. The number of aromatic carboxylic acids is 1. The van der Waals surface area contributed by atoms with Gasteiger partial charge in [-0.25, -0.2) is 13.2 Å². The third-order valence-electron chi connectivity index (χ3n) is 3.34. The van der Waals surface area contributed by atoms with Gasteiger partial charge in [0.05, 0.1) is 10.5 Å². The van der Waals surface area contributed by atoms with Crippen LogP contribution >= 0.6 is 0 Å². The normalized spacial score (nSPS) is 21.2. The van der Waals surface area contributed by atoms with E-state index in [-0.39, 0.29) is 10.5 Å².